The molecule has 0 radical (unpaired) electrons. The summed E-state index contributed by atoms with van der Waals surface area (Å²) in [7, 11) is 0. The van der Waals surface area contributed by atoms with Crippen LogP contribution in [-0.4, -0.2) is 0 Å². The summed E-state index contributed by atoms with van der Waals surface area (Å²) in [6, 6.07) is 8.98. The van der Waals surface area contributed by atoms with Crippen molar-refractivity contribution < 1.29 is 0 Å². The first-order chi connectivity index (χ1) is 14.5. The third kappa shape index (κ3) is 3.31. The van der Waals surface area contributed by atoms with Crippen LogP contribution in [-0.2, 0) is 12.8 Å². The fourth-order valence-electron chi connectivity index (χ4n) is 4.88. The van der Waals surface area contributed by atoms with Gasteiger partial charge in [-0.15, -0.1) is 0 Å². The van der Waals surface area contributed by atoms with Gasteiger partial charge in [0, 0.05) is 41.6 Å². The Hall–Kier alpha value is -2.99. The molecule has 0 amide bonds. The van der Waals surface area contributed by atoms with E-state index in [2.05, 4.69) is 101 Å². The Bertz CT molecular complexity index is 1180. The normalized spacial score (nSPS) is 22.1. The van der Waals surface area contributed by atoms with Crippen LogP contribution in [0.3, 0.4) is 0 Å². The summed E-state index contributed by atoms with van der Waals surface area (Å²) in [6.07, 6.45) is 20.8. The Kier molecular flexibility index (Phi) is 4.66. The Balaban J connectivity index is 1.44. The summed E-state index contributed by atoms with van der Waals surface area (Å²) in [4.78, 5) is 0. The molecule has 0 aliphatic heterocycles. The summed E-state index contributed by atoms with van der Waals surface area (Å²) in [6.45, 7) is 8.86. The zero-order valence-corrected chi connectivity index (χ0v) is 18.4. The van der Waals surface area contributed by atoms with E-state index in [1.54, 1.807) is 0 Å². The number of benzene rings is 1. The fourth-order valence-corrected chi connectivity index (χ4v) is 4.88. The lowest BCUT2D eigenvalue weighted by Crippen LogP contribution is -2.04. The van der Waals surface area contributed by atoms with E-state index in [1.807, 2.05) is 0 Å². The molecule has 0 aromatic heterocycles. The van der Waals surface area contributed by atoms with Gasteiger partial charge in [-0.3, -0.25) is 0 Å². The van der Waals surface area contributed by atoms with Crippen LogP contribution < -0.4 is 0 Å². The average molecular weight is 390 g/mol. The molecule has 0 N–H and O–H groups in total. The lowest BCUT2D eigenvalue weighted by Gasteiger charge is -2.18. The predicted octanol–water partition coefficient (Wildman–Crippen LogP) is 7.51. The van der Waals surface area contributed by atoms with Crippen LogP contribution in [0.1, 0.15) is 38.8 Å². The van der Waals surface area contributed by atoms with Crippen LogP contribution >= 0.6 is 0 Å². The largest absolute Gasteiger partial charge is 0.107 e. The second-order valence-corrected chi connectivity index (χ2v) is 9.05. The van der Waals surface area contributed by atoms with Crippen LogP contribution in [0.15, 0.2) is 117 Å². The Morgan fingerprint density at radius 1 is 0.800 bits per heavy atom. The molecule has 1 atom stereocenters. The number of hydrogen-bond donors (Lipinski definition) is 0. The van der Waals surface area contributed by atoms with E-state index in [-0.39, 0.29) is 0 Å². The second kappa shape index (κ2) is 7.36. The number of hydrogen-bond acceptors (Lipinski definition) is 0. The summed E-state index contributed by atoms with van der Waals surface area (Å²) in [5, 5.41) is 0. The summed E-state index contributed by atoms with van der Waals surface area (Å²) >= 11 is 0. The Labute approximate surface area is 181 Å². The minimum Gasteiger partial charge on any atom is -0.0729 e. The highest BCUT2D eigenvalue weighted by molar-refractivity contribution is 5.66. The molecule has 0 saturated carbocycles. The van der Waals surface area contributed by atoms with Crippen LogP contribution in [0.2, 0.25) is 0 Å². The van der Waals surface area contributed by atoms with Crippen molar-refractivity contribution in [3.63, 3.8) is 0 Å². The van der Waals surface area contributed by atoms with Gasteiger partial charge in [0.25, 0.3) is 0 Å². The first-order valence-electron chi connectivity index (χ1n) is 11.0. The molecule has 0 nitrogen and oxygen atoms in total. The van der Waals surface area contributed by atoms with E-state index < -0.39 is 0 Å². The van der Waals surface area contributed by atoms with E-state index in [1.165, 1.54) is 61.3 Å². The molecule has 0 heterocycles. The Morgan fingerprint density at radius 2 is 1.53 bits per heavy atom. The molecule has 0 bridgehead atoms. The lowest BCUT2D eigenvalue weighted by atomic mass is 9.86. The molecule has 1 unspecified atom stereocenters. The first-order valence-corrected chi connectivity index (χ1v) is 11.0. The van der Waals surface area contributed by atoms with Gasteiger partial charge in [0.1, 0.15) is 5.57 Å². The molecular weight excluding hydrogens is 360 g/mol. The molecule has 0 spiro atoms. The minimum atomic E-state index is 0.459. The molecule has 0 heteroatoms. The predicted molar refractivity (Wildman–Crippen MR) is 128 cm³/mol. The van der Waals surface area contributed by atoms with Crippen molar-refractivity contribution in [1.82, 2.24) is 0 Å². The number of allylic oxidation sites excluding steroid dienone is 16. The molecule has 4 aliphatic rings. The molecule has 30 heavy (non-hydrogen) atoms. The van der Waals surface area contributed by atoms with Gasteiger partial charge in [0.15, 0.2) is 0 Å². The molecule has 148 valence electrons. The van der Waals surface area contributed by atoms with E-state index in [0.29, 0.717) is 5.92 Å². The first kappa shape index (κ1) is 19.0. The number of fused-ring (bicyclic) bond motifs is 2. The maximum absolute atomic E-state index is 2.40. The maximum Gasteiger partial charge on any atom is 0.107 e. The van der Waals surface area contributed by atoms with Crippen LogP contribution in [0.5, 0.6) is 0 Å². The van der Waals surface area contributed by atoms with Crippen molar-refractivity contribution >= 4 is 0 Å². The molecule has 0 fully saturated rings. The topological polar surface area (TPSA) is 0 Å². The molecule has 5 rings (SSSR count). The van der Waals surface area contributed by atoms with Crippen molar-refractivity contribution in [3.8, 4) is 0 Å². The lowest BCUT2D eigenvalue weighted by molar-refractivity contribution is 0.963. The molecule has 0 saturated heterocycles. The van der Waals surface area contributed by atoms with Gasteiger partial charge >= 0.3 is 0 Å². The highest BCUT2D eigenvalue weighted by Gasteiger charge is 2.28. The monoisotopic (exact) mass is 389 g/mol. The zero-order valence-electron chi connectivity index (χ0n) is 18.4. The van der Waals surface area contributed by atoms with Crippen LogP contribution in [0.25, 0.3) is 0 Å². The summed E-state index contributed by atoms with van der Waals surface area (Å²) in [5.41, 5.74) is 15.6. The van der Waals surface area contributed by atoms with Crippen molar-refractivity contribution in [3.05, 3.63) is 135 Å². The van der Waals surface area contributed by atoms with E-state index in [0.717, 1.165) is 12.8 Å². The van der Waals surface area contributed by atoms with Gasteiger partial charge in [0.05, 0.1) is 5.57 Å². The van der Waals surface area contributed by atoms with Gasteiger partial charge in [-0.05, 0) is 74.1 Å². The smallest absolute Gasteiger partial charge is 0.0729 e. The molecule has 1 aromatic carbocycles. The minimum absolute atomic E-state index is 0.459. The molecular formula is C30H29+. The van der Waals surface area contributed by atoms with Crippen molar-refractivity contribution in [2.24, 2.45) is 5.92 Å². The van der Waals surface area contributed by atoms with E-state index in [4.69, 9.17) is 0 Å². The van der Waals surface area contributed by atoms with Crippen molar-refractivity contribution in [2.75, 3.05) is 0 Å². The van der Waals surface area contributed by atoms with E-state index >= 15 is 0 Å². The van der Waals surface area contributed by atoms with Crippen molar-refractivity contribution in [1.29, 1.82) is 0 Å². The quantitative estimate of drug-likeness (QED) is 0.467. The highest BCUT2D eigenvalue weighted by atomic mass is 14.3. The SMILES string of the molecule is CC1=CC2=C(Cc3ccccc3CC3=C4[CH+]C(C)=C(C)C=C4C=C3)C=CC2C=C1C. The molecule has 4 aliphatic carbocycles. The zero-order chi connectivity index (χ0) is 20.8. The average Bonchev–Trinajstić information content (AvgIpc) is 3.28. The van der Waals surface area contributed by atoms with Gasteiger partial charge in [-0.2, -0.15) is 0 Å². The maximum atomic E-state index is 2.40. The summed E-state index contributed by atoms with van der Waals surface area (Å²) < 4.78 is 0. The van der Waals surface area contributed by atoms with Gasteiger partial charge in [-0.25, -0.2) is 0 Å². The number of rotatable bonds is 4. The third-order valence-electron chi connectivity index (χ3n) is 7.01. The standard InChI is InChI=1S/C30H29/c1-19-13-25-9-11-27(29(25)15-21(19)3)17-23-7-5-6-8-24(23)18-28-12-10-26-14-20(2)22(4)16-30(26)28/h5-16,25H,17-18H2,1-4H3/q+1. The molecule has 1 aromatic rings. The highest BCUT2D eigenvalue weighted by Crippen LogP contribution is 2.38. The van der Waals surface area contributed by atoms with Gasteiger partial charge in [0.2, 0.25) is 0 Å². The van der Waals surface area contributed by atoms with Crippen molar-refractivity contribution in [2.45, 2.75) is 40.5 Å². The second-order valence-electron chi connectivity index (χ2n) is 9.05. The fraction of sp³-hybridized carbons (Fsp3) is 0.233. The van der Waals surface area contributed by atoms with Gasteiger partial charge < -0.3 is 0 Å². The van der Waals surface area contributed by atoms with E-state index in [9.17, 15) is 0 Å². The van der Waals surface area contributed by atoms with Gasteiger partial charge in [-0.1, -0.05) is 54.1 Å². The van der Waals surface area contributed by atoms with Crippen LogP contribution in [0, 0.1) is 12.3 Å². The third-order valence-corrected chi connectivity index (χ3v) is 7.01. The summed E-state index contributed by atoms with van der Waals surface area (Å²) in [5.74, 6) is 0.459. The Morgan fingerprint density at radius 3 is 2.30 bits per heavy atom. The van der Waals surface area contributed by atoms with Crippen LogP contribution in [0.4, 0.5) is 0 Å².